The SMILES string of the molecule is CCCCCc1ccc(Nc2cc3sc4ccccc4c3cc2-c2cc(N(c3ccccc3)c3ccccc3)c3c4ccccc4n4c3c2[B]c2cc(C(C)(C)C)ccc2-4)cc1. The Morgan fingerprint density at radius 2 is 1.32 bits per heavy atom. The molecule has 11 rings (SSSR count). The Balaban J connectivity index is 1.24. The minimum absolute atomic E-state index is 0.00343. The smallest absolute Gasteiger partial charge is 0.197 e. The zero-order valence-corrected chi connectivity index (χ0v) is 36.7. The Morgan fingerprint density at radius 3 is 2.05 bits per heavy atom. The number of aryl methyl sites for hydroxylation is 1. The number of thiophene rings is 1. The molecular weight excluding hydrogens is 770 g/mol. The van der Waals surface area contributed by atoms with Crippen molar-refractivity contribution in [3.63, 3.8) is 0 Å². The number of rotatable bonds is 10. The van der Waals surface area contributed by atoms with Crippen molar-refractivity contribution in [3.05, 3.63) is 181 Å². The van der Waals surface area contributed by atoms with Gasteiger partial charge in [-0.05, 0) is 113 Å². The molecule has 8 aromatic carbocycles. The first-order valence-corrected chi connectivity index (χ1v) is 23.0. The molecule has 0 bridgehead atoms. The van der Waals surface area contributed by atoms with Crippen molar-refractivity contribution in [3.8, 4) is 16.8 Å². The van der Waals surface area contributed by atoms with Crippen molar-refractivity contribution in [1.29, 1.82) is 0 Å². The molecule has 301 valence electrons. The van der Waals surface area contributed by atoms with Gasteiger partial charge in [-0.25, -0.2) is 0 Å². The van der Waals surface area contributed by atoms with Crippen LogP contribution in [0.2, 0.25) is 0 Å². The highest BCUT2D eigenvalue weighted by Gasteiger charge is 2.31. The number of para-hydroxylation sites is 3. The summed E-state index contributed by atoms with van der Waals surface area (Å²) in [5, 5.41) is 9.04. The fourth-order valence-electron chi connectivity index (χ4n) is 9.63. The molecule has 0 atom stereocenters. The lowest BCUT2D eigenvalue weighted by molar-refractivity contribution is 0.590. The van der Waals surface area contributed by atoms with Crippen LogP contribution in [0, 0.1) is 0 Å². The number of hydrogen-bond acceptors (Lipinski definition) is 3. The van der Waals surface area contributed by atoms with Crippen LogP contribution in [0.25, 0.3) is 58.8 Å². The number of benzene rings is 8. The summed E-state index contributed by atoms with van der Waals surface area (Å²) in [6.07, 6.45) is 4.83. The third kappa shape index (κ3) is 6.58. The number of aromatic nitrogens is 1. The Morgan fingerprint density at radius 1 is 0.629 bits per heavy atom. The first-order chi connectivity index (χ1) is 30.3. The number of fused-ring (bicyclic) bond motifs is 8. The average molecular weight is 819 g/mol. The maximum atomic E-state index is 3.99. The maximum Gasteiger partial charge on any atom is 0.197 e. The van der Waals surface area contributed by atoms with E-state index in [1.807, 2.05) is 11.3 Å². The summed E-state index contributed by atoms with van der Waals surface area (Å²) in [6, 6.07) is 63.2. The van der Waals surface area contributed by atoms with Crippen LogP contribution in [-0.4, -0.2) is 11.8 Å². The van der Waals surface area contributed by atoms with Crippen molar-refractivity contribution >= 4 is 100.0 Å². The van der Waals surface area contributed by atoms with Crippen LogP contribution >= 0.6 is 11.3 Å². The molecule has 0 aliphatic carbocycles. The number of hydrogen-bond donors (Lipinski definition) is 1. The molecule has 0 saturated carbocycles. The number of nitrogens with zero attached hydrogens (tertiary/aromatic N) is 2. The van der Waals surface area contributed by atoms with Crippen molar-refractivity contribution < 1.29 is 0 Å². The average Bonchev–Trinajstić information content (AvgIpc) is 3.84. The van der Waals surface area contributed by atoms with Crippen molar-refractivity contribution in [2.75, 3.05) is 10.2 Å². The van der Waals surface area contributed by atoms with E-state index in [1.54, 1.807) is 0 Å². The van der Waals surface area contributed by atoms with Gasteiger partial charge in [0.25, 0.3) is 0 Å². The van der Waals surface area contributed by atoms with Crippen LogP contribution in [0.15, 0.2) is 170 Å². The zero-order valence-electron chi connectivity index (χ0n) is 35.9. The van der Waals surface area contributed by atoms with Gasteiger partial charge in [0.1, 0.15) is 0 Å². The van der Waals surface area contributed by atoms with E-state index in [4.69, 9.17) is 0 Å². The van der Waals surface area contributed by atoms with Gasteiger partial charge in [0.2, 0.25) is 0 Å². The number of nitrogens with one attached hydrogen (secondary N) is 1. The van der Waals surface area contributed by atoms with Gasteiger partial charge >= 0.3 is 0 Å². The Bertz CT molecular complexity index is 3240. The number of unbranched alkanes of at least 4 members (excludes halogenated alkanes) is 2. The molecule has 0 unspecified atom stereocenters. The van der Waals surface area contributed by atoms with Gasteiger partial charge in [-0.3, -0.25) is 0 Å². The Hall–Kier alpha value is -6.56. The van der Waals surface area contributed by atoms with Crippen LogP contribution in [0.1, 0.15) is 58.1 Å². The highest BCUT2D eigenvalue weighted by atomic mass is 32.1. The first-order valence-electron chi connectivity index (χ1n) is 22.2. The maximum absolute atomic E-state index is 3.99. The molecule has 5 heteroatoms. The molecule has 0 spiro atoms. The van der Waals surface area contributed by atoms with Crippen molar-refractivity contribution in [2.24, 2.45) is 0 Å². The van der Waals surface area contributed by atoms with E-state index in [2.05, 4.69) is 220 Å². The molecule has 0 saturated heterocycles. The lowest BCUT2D eigenvalue weighted by Crippen LogP contribution is -2.38. The van der Waals surface area contributed by atoms with Gasteiger partial charge in [-0.1, -0.05) is 143 Å². The molecule has 3 heterocycles. The van der Waals surface area contributed by atoms with Crippen LogP contribution in [0.3, 0.4) is 0 Å². The lowest BCUT2D eigenvalue weighted by Gasteiger charge is -2.30. The molecule has 3 nitrogen and oxygen atoms in total. The highest BCUT2D eigenvalue weighted by molar-refractivity contribution is 7.25. The lowest BCUT2D eigenvalue weighted by atomic mass is 9.58. The van der Waals surface area contributed by atoms with E-state index in [9.17, 15) is 0 Å². The molecule has 1 aliphatic heterocycles. The van der Waals surface area contributed by atoms with Gasteiger partial charge in [0, 0.05) is 64.9 Å². The Kier molecular flexibility index (Phi) is 9.54. The summed E-state index contributed by atoms with van der Waals surface area (Å²) in [5.41, 5.74) is 16.8. The minimum atomic E-state index is 0.00343. The normalized spacial score (nSPS) is 12.3. The predicted molar refractivity (Wildman–Crippen MR) is 270 cm³/mol. The van der Waals surface area contributed by atoms with Gasteiger partial charge < -0.3 is 14.8 Å². The standard InChI is InChI=1S/C57H49BN3S/c1-5-6-9-18-37-27-30-39(31-28-37)59-48-36-53-45(42-23-15-17-26-52(42)62-53)34-44(48)46-35-51(60(40-19-10-7-11-20-40)41-21-12-8-13-22-41)54-43-24-14-16-25-49(43)61-50-32-29-38(57(2,3)4)33-47(50)58-55(46)56(54)61/h7-8,10-17,19-36,59H,5-6,9,18H2,1-4H3. The summed E-state index contributed by atoms with van der Waals surface area (Å²) in [7, 11) is 2.48. The summed E-state index contributed by atoms with van der Waals surface area (Å²) in [5.74, 6) is 0. The summed E-state index contributed by atoms with van der Waals surface area (Å²) >= 11 is 1.87. The molecule has 62 heavy (non-hydrogen) atoms. The van der Waals surface area contributed by atoms with Gasteiger partial charge in [-0.2, -0.15) is 0 Å². The van der Waals surface area contributed by atoms with E-state index < -0.39 is 0 Å². The molecule has 2 aromatic heterocycles. The zero-order chi connectivity index (χ0) is 42.0. The van der Waals surface area contributed by atoms with E-state index in [0.717, 1.165) is 34.9 Å². The molecule has 0 fully saturated rings. The van der Waals surface area contributed by atoms with E-state index in [0.29, 0.717) is 0 Å². The molecule has 0 amide bonds. The second kappa shape index (κ2) is 15.4. The van der Waals surface area contributed by atoms with Gasteiger partial charge in [0.05, 0.1) is 16.7 Å². The van der Waals surface area contributed by atoms with Crippen molar-refractivity contribution in [1.82, 2.24) is 4.57 Å². The fraction of sp³-hybridized carbons (Fsp3) is 0.158. The molecule has 1 N–H and O–H groups in total. The second-order valence-electron chi connectivity index (χ2n) is 17.9. The fourth-order valence-corrected chi connectivity index (χ4v) is 10.8. The second-order valence-corrected chi connectivity index (χ2v) is 19.0. The minimum Gasteiger partial charge on any atom is -0.355 e. The predicted octanol–water partition coefficient (Wildman–Crippen LogP) is 15.0. The van der Waals surface area contributed by atoms with E-state index in [-0.39, 0.29) is 5.41 Å². The van der Waals surface area contributed by atoms with Crippen LogP contribution in [0.4, 0.5) is 28.4 Å². The van der Waals surface area contributed by atoms with E-state index >= 15 is 0 Å². The summed E-state index contributed by atoms with van der Waals surface area (Å²) < 4.78 is 5.12. The quantitative estimate of drug-likeness (QED) is 0.110. The van der Waals surface area contributed by atoms with Gasteiger partial charge in [0.15, 0.2) is 7.28 Å². The Labute approximate surface area is 369 Å². The number of anilines is 5. The van der Waals surface area contributed by atoms with Crippen LogP contribution in [-0.2, 0) is 11.8 Å². The third-order valence-electron chi connectivity index (χ3n) is 12.8. The van der Waals surface area contributed by atoms with Crippen molar-refractivity contribution in [2.45, 2.75) is 58.8 Å². The molecule has 1 radical (unpaired) electrons. The molecular formula is C57H49BN3S. The van der Waals surface area contributed by atoms with Crippen LogP contribution in [0.5, 0.6) is 0 Å². The monoisotopic (exact) mass is 818 g/mol. The third-order valence-corrected chi connectivity index (χ3v) is 13.9. The first kappa shape index (κ1) is 38.4. The van der Waals surface area contributed by atoms with Gasteiger partial charge in [-0.15, -0.1) is 11.3 Å². The summed E-state index contributed by atoms with van der Waals surface area (Å²) in [6.45, 7) is 9.20. The molecule has 10 aromatic rings. The van der Waals surface area contributed by atoms with E-state index in [1.165, 1.54) is 100 Å². The molecule has 1 aliphatic rings. The topological polar surface area (TPSA) is 20.2 Å². The highest BCUT2D eigenvalue weighted by Crippen LogP contribution is 2.48. The largest absolute Gasteiger partial charge is 0.355 e. The summed E-state index contributed by atoms with van der Waals surface area (Å²) in [4.78, 5) is 2.46. The van der Waals surface area contributed by atoms with Crippen LogP contribution < -0.4 is 21.1 Å².